The van der Waals surface area contributed by atoms with Gasteiger partial charge in [-0.25, -0.2) is 9.37 Å². The summed E-state index contributed by atoms with van der Waals surface area (Å²) in [4.78, 5) is 14.8. The third kappa shape index (κ3) is 2.23. The van der Waals surface area contributed by atoms with Gasteiger partial charge in [-0.3, -0.25) is 4.79 Å². The van der Waals surface area contributed by atoms with Crippen molar-refractivity contribution in [1.29, 1.82) is 0 Å². The summed E-state index contributed by atoms with van der Waals surface area (Å²) < 4.78 is 18.7. The second kappa shape index (κ2) is 3.84. The van der Waals surface area contributed by atoms with E-state index in [1.807, 2.05) is 0 Å². The number of carbonyl (C=O) groups is 1. The Labute approximate surface area is 86.5 Å². The second-order valence-corrected chi connectivity index (χ2v) is 3.40. The fraction of sp³-hybridized carbons (Fsp3) is 0.400. The van der Waals surface area contributed by atoms with E-state index in [2.05, 4.69) is 10.3 Å². The Kier molecular flexibility index (Phi) is 2.53. The average molecular weight is 210 g/mol. The number of rotatable bonds is 3. The molecule has 0 saturated heterocycles. The number of nitrogens with one attached hydrogen (secondary N) is 1. The van der Waals surface area contributed by atoms with Crippen LogP contribution < -0.4 is 10.1 Å². The van der Waals surface area contributed by atoms with Gasteiger partial charge in [-0.1, -0.05) is 0 Å². The number of ether oxygens (including phenoxy) is 1. The van der Waals surface area contributed by atoms with Gasteiger partial charge < -0.3 is 10.1 Å². The summed E-state index contributed by atoms with van der Waals surface area (Å²) in [5, 5.41) is 2.31. The van der Waals surface area contributed by atoms with E-state index in [0.717, 1.165) is 12.8 Å². The molecule has 1 aromatic heterocycles. The summed E-state index contributed by atoms with van der Waals surface area (Å²) in [6.45, 7) is 0. The van der Waals surface area contributed by atoms with Gasteiger partial charge in [0.2, 0.25) is 0 Å². The summed E-state index contributed by atoms with van der Waals surface area (Å²) in [6.07, 6.45) is 3.56. The summed E-state index contributed by atoms with van der Waals surface area (Å²) in [5.74, 6) is -0.819. The zero-order valence-electron chi connectivity index (χ0n) is 8.29. The highest BCUT2D eigenvalue weighted by atomic mass is 19.1. The number of nitrogens with zero attached hydrogens (tertiary/aromatic N) is 1. The van der Waals surface area contributed by atoms with Gasteiger partial charge in [-0.2, -0.15) is 0 Å². The second-order valence-electron chi connectivity index (χ2n) is 3.40. The van der Waals surface area contributed by atoms with Crippen molar-refractivity contribution in [2.24, 2.45) is 0 Å². The Morgan fingerprint density at radius 3 is 2.93 bits per heavy atom. The van der Waals surface area contributed by atoms with Crippen molar-refractivity contribution >= 4 is 5.91 Å². The molecule has 15 heavy (non-hydrogen) atoms. The lowest BCUT2D eigenvalue weighted by Gasteiger charge is -2.05. The van der Waals surface area contributed by atoms with Crippen molar-refractivity contribution < 1.29 is 13.9 Å². The molecule has 0 spiro atoms. The lowest BCUT2D eigenvalue weighted by Crippen LogP contribution is -2.20. The number of halogens is 1. The quantitative estimate of drug-likeness (QED) is 0.813. The number of hydrogen-bond donors (Lipinski definition) is 1. The van der Waals surface area contributed by atoms with Gasteiger partial charge in [0.1, 0.15) is 5.75 Å². The Morgan fingerprint density at radius 2 is 2.40 bits per heavy atom. The normalized spacial score (nSPS) is 14.8. The van der Waals surface area contributed by atoms with Crippen molar-refractivity contribution in [2.75, 3.05) is 7.05 Å². The summed E-state index contributed by atoms with van der Waals surface area (Å²) in [7, 11) is 1.43. The van der Waals surface area contributed by atoms with Crippen LogP contribution in [0.5, 0.6) is 5.75 Å². The molecule has 1 aliphatic rings. The molecule has 1 aliphatic carbocycles. The van der Waals surface area contributed by atoms with E-state index in [0.29, 0.717) is 5.75 Å². The first-order chi connectivity index (χ1) is 7.20. The molecule has 2 rings (SSSR count). The predicted molar refractivity (Wildman–Crippen MR) is 51.2 cm³/mol. The molecule has 1 heterocycles. The minimum absolute atomic E-state index is 0.192. The maximum atomic E-state index is 13.4. The SMILES string of the molecule is CNC(=O)c1ncc(OC2CC2)cc1F. The van der Waals surface area contributed by atoms with Crippen molar-refractivity contribution in [3.63, 3.8) is 0 Å². The fourth-order valence-corrected chi connectivity index (χ4v) is 1.15. The Bertz CT molecular complexity index is 391. The van der Waals surface area contributed by atoms with E-state index in [-0.39, 0.29) is 11.8 Å². The first-order valence-corrected chi connectivity index (χ1v) is 4.75. The molecule has 1 amide bonds. The van der Waals surface area contributed by atoms with Crippen LogP contribution in [0.1, 0.15) is 23.3 Å². The number of pyridine rings is 1. The highest BCUT2D eigenvalue weighted by Crippen LogP contribution is 2.26. The third-order valence-electron chi connectivity index (χ3n) is 2.09. The molecule has 0 atom stereocenters. The Balaban J connectivity index is 2.17. The van der Waals surface area contributed by atoms with E-state index in [1.165, 1.54) is 19.3 Å². The van der Waals surface area contributed by atoms with Crippen LogP contribution in [-0.4, -0.2) is 24.0 Å². The van der Waals surface area contributed by atoms with Crippen LogP contribution >= 0.6 is 0 Å². The number of amides is 1. The van der Waals surface area contributed by atoms with Gasteiger partial charge in [0.25, 0.3) is 5.91 Å². The fourth-order valence-electron chi connectivity index (χ4n) is 1.15. The van der Waals surface area contributed by atoms with Gasteiger partial charge >= 0.3 is 0 Å². The van der Waals surface area contributed by atoms with Crippen LogP contribution in [0.15, 0.2) is 12.3 Å². The summed E-state index contributed by atoms with van der Waals surface area (Å²) in [6, 6.07) is 1.19. The van der Waals surface area contributed by atoms with Crippen LogP contribution in [0.25, 0.3) is 0 Å². The largest absolute Gasteiger partial charge is 0.489 e. The number of hydrogen-bond acceptors (Lipinski definition) is 3. The molecule has 1 aromatic rings. The monoisotopic (exact) mass is 210 g/mol. The van der Waals surface area contributed by atoms with Crippen LogP contribution in [0.3, 0.4) is 0 Å². The molecule has 0 aliphatic heterocycles. The molecule has 1 saturated carbocycles. The Morgan fingerprint density at radius 1 is 1.67 bits per heavy atom. The highest BCUT2D eigenvalue weighted by molar-refractivity contribution is 5.92. The minimum Gasteiger partial charge on any atom is -0.489 e. The molecule has 4 nitrogen and oxygen atoms in total. The van der Waals surface area contributed by atoms with Gasteiger partial charge in [0, 0.05) is 13.1 Å². The van der Waals surface area contributed by atoms with E-state index >= 15 is 0 Å². The van der Waals surface area contributed by atoms with E-state index in [4.69, 9.17) is 4.74 Å². The molecule has 5 heteroatoms. The van der Waals surface area contributed by atoms with Gasteiger partial charge in [0.05, 0.1) is 12.3 Å². The third-order valence-corrected chi connectivity index (χ3v) is 2.09. The van der Waals surface area contributed by atoms with Crippen LogP contribution in [0.4, 0.5) is 4.39 Å². The molecule has 0 bridgehead atoms. The zero-order valence-corrected chi connectivity index (χ0v) is 8.29. The highest BCUT2D eigenvalue weighted by Gasteiger charge is 2.24. The van der Waals surface area contributed by atoms with Crippen molar-refractivity contribution in [2.45, 2.75) is 18.9 Å². The smallest absolute Gasteiger partial charge is 0.272 e. The predicted octanol–water partition coefficient (Wildman–Crippen LogP) is 1.12. The van der Waals surface area contributed by atoms with Crippen molar-refractivity contribution in [1.82, 2.24) is 10.3 Å². The van der Waals surface area contributed by atoms with Crippen molar-refractivity contribution in [3.05, 3.63) is 23.8 Å². The molecule has 1 N–H and O–H groups in total. The zero-order chi connectivity index (χ0) is 10.8. The van der Waals surface area contributed by atoms with Crippen LogP contribution in [0.2, 0.25) is 0 Å². The standard InChI is InChI=1S/C10H11FN2O2/c1-12-10(14)9-8(11)4-7(5-13-9)15-6-2-3-6/h4-6H,2-3H2,1H3,(H,12,14). The molecule has 1 fully saturated rings. The molecule has 0 radical (unpaired) electrons. The Hall–Kier alpha value is -1.65. The maximum Gasteiger partial charge on any atom is 0.272 e. The summed E-state index contributed by atoms with van der Waals surface area (Å²) in [5.41, 5.74) is -0.208. The van der Waals surface area contributed by atoms with Gasteiger partial charge in [-0.05, 0) is 12.8 Å². The molecule has 80 valence electrons. The topological polar surface area (TPSA) is 51.2 Å². The van der Waals surface area contributed by atoms with Crippen LogP contribution in [0, 0.1) is 5.82 Å². The van der Waals surface area contributed by atoms with Crippen molar-refractivity contribution in [3.8, 4) is 5.75 Å². The van der Waals surface area contributed by atoms with E-state index < -0.39 is 11.7 Å². The lowest BCUT2D eigenvalue weighted by molar-refractivity contribution is 0.0953. The molecule has 0 aromatic carbocycles. The minimum atomic E-state index is -0.660. The van der Waals surface area contributed by atoms with Gasteiger partial charge in [0.15, 0.2) is 11.5 Å². The number of aromatic nitrogens is 1. The maximum absolute atomic E-state index is 13.4. The van der Waals surface area contributed by atoms with E-state index in [9.17, 15) is 9.18 Å². The molecular weight excluding hydrogens is 199 g/mol. The van der Waals surface area contributed by atoms with E-state index in [1.54, 1.807) is 0 Å². The number of carbonyl (C=O) groups excluding carboxylic acids is 1. The lowest BCUT2D eigenvalue weighted by atomic mass is 10.3. The first-order valence-electron chi connectivity index (χ1n) is 4.75. The summed E-state index contributed by atoms with van der Waals surface area (Å²) >= 11 is 0. The van der Waals surface area contributed by atoms with Gasteiger partial charge in [-0.15, -0.1) is 0 Å². The molecule has 0 unspecified atom stereocenters. The first kappa shape index (κ1) is 9.89. The molecular formula is C10H11FN2O2. The van der Waals surface area contributed by atoms with Crippen LogP contribution in [-0.2, 0) is 0 Å². The average Bonchev–Trinajstić information content (AvgIpc) is 3.01.